The van der Waals surface area contributed by atoms with Crippen LogP contribution in [0, 0.1) is 0 Å². The van der Waals surface area contributed by atoms with Gasteiger partial charge in [0.15, 0.2) is 0 Å². The van der Waals surface area contributed by atoms with Gasteiger partial charge in [-0.3, -0.25) is 0 Å². The van der Waals surface area contributed by atoms with Gasteiger partial charge in [-0.2, -0.15) is 0 Å². The zero-order valence-corrected chi connectivity index (χ0v) is 15.6. The summed E-state index contributed by atoms with van der Waals surface area (Å²) < 4.78 is 5.52. The van der Waals surface area contributed by atoms with Crippen molar-refractivity contribution in [2.45, 2.75) is 26.2 Å². The molecule has 0 amide bonds. The molecule has 0 atom stereocenters. The van der Waals surface area contributed by atoms with Crippen LogP contribution in [0.3, 0.4) is 0 Å². The van der Waals surface area contributed by atoms with Crippen LogP contribution in [0.2, 0.25) is 0 Å². The lowest BCUT2D eigenvalue weighted by molar-refractivity contribution is 0.0735. The van der Waals surface area contributed by atoms with Crippen LogP contribution in [0.5, 0.6) is 5.75 Å². The molecule has 0 saturated carbocycles. The lowest BCUT2D eigenvalue weighted by Crippen LogP contribution is -2.11. The summed E-state index contributed by atoms with van der Waals surface area (Å²) in [6, 6.07) is 20.5. The first kappa shape index (κ1) is 17.2. The fraction of sp³-hybridized carbons (Fsp3) is 0.174. The summed E-state index contributed by atoms with van der Waals surface area (Å²) in [6.07, 6.45) is 0. The van der Waals surface area contributed by atoms with Gasteiger partial charge in [-0.15, -0.1) is 0 Å². The third kappa shape index (κ3) is 3.51. The highest BCUT2D eigenvalue weighted by molar-refractivity contribution is 5.96. The number of carbonyl (C=O) groups is 1. The van der Waals surface area contributed by atoms with Crippen LogP contribution in [-0.4, -0.2) is 15.9 Å². The van der Waals surface area contributed by atoms with E-state index in [1.807, 2.05) is 48.5 Å². The van der Waals surface area contributed by atoms with Gasteiger partial charge < -0.3 is 4.74 Å². The van der Waals surface area contributed by atoms with Crippen molar-refractivity contribution in [1.82, 2.24) is 9.97 Å². The maximum absolute atomic E-state index is 12.5. The molecule has 0 unspecified atom stereocenters. The smallest absolute Gasteiger partial charge is 0.343 e. The van der Waals surface area contributed by atoms with Crippen LogP contribution in [0.15, 0.2) is 66.7 Å². The standard InChI is InChI=1S/C23H20N2O2/c1-23(2,3)16-9-11-17(12-10-16)27-22(26)15-8-13-20-21(14-15)25-19-7-5-4-6-18(19)24-20/h4-14H,1-3H3. The first-order valence-electron chi connectivity index (χ1n) is 8.89. The van der Waals surface area contributed by atoms with Gasteiger partial charge in [-0.05, 0) is 53.4 Å². The van der Waals surface area contributed by atoms with E-state index in [2.05, 4.69) is 30.7 Å². The van der Waals surface area contributed by atoms with Gasteiger partial charge in [0.05, 0.1) is 27.6 Å². The minimum Gasteiger partial charge on any atom is -0.423 e. The van der Waals surface area contributed by atoms with Crippen molar-refractivity contribution >= 4 is 28.0 Å². The minimum absolute atomic E-state index is 0.0579. The van der Waals surface area contributed by atoms with Crippen LogP contribution >= 0.6 is 0 Å². The van der Waals surface area contributed by atoms with E-state index in [1.165, 1.54) is 5.56 Å². The molecule has 0 saturated heterocycles. The average Bonchev–Trinajstić information content (AvgIpc) is 2.65. The number of esters is 1. The number of nitrogens with zero attached hydrogens (tertiary/aromatic N) is 2. The second-order valence-corrected chi connectivity index (χ2v) is 7.58. The highest BCUT2D eigenvalue weighted by Crippen LogP contribution is 2.25. The molecule has 0 bridgehead atoms. The number of benzene rings is 3. The van der Waals surface area contributed by atoms with Crippen molar-refractivity contribution in [3.8, 4) is 5.75 Å². The number of para-hydroxylation sites is 2. The van der Waals surface area contributed by atoms with Gasteiger partial charge in [0.2, 0.25) is 0 Å². The molecular weight excluding hydrogens is 336 g/mol. The summed E-state index contributed by atoms with van der Waals surface area (Å²) in [7, 11) is 0. The maximum atomic E-state index is 12.5. The second-order valence-electron chi connectivity index (χ2n) is 7.58. The van der Waals surface area contributed by atoms with Gasteiger partial charge >= 0.3 is 5.97 Å². The molecule has 0 radical (unpaired) electrons. The molecule has 4 heteroatoms. The Morgan fingerprint density at radius 2 is 1.37 bits per heavy atom. The Morgan fingerprint density at radius 3 is 2.00 bits per heavy atom. The first-order chi connectivity index (χ1) is 12.9. The number of fused-ring (bicyclic) bond motifs is 2. The molecule has 4 rings (SSSR count). The number of hydrogen-bond acceptors (Lipinski definition) is 4. The Kier molecular flexibility index (Phi) is 4.11. The molecular formula is C23H20N2O2. The molecule has 0 aliphatic rings. The van der Waals surface area contributed by atoms with Gasteiger partial charge in [0, 0.05) is 0 Å². The molecule has 134 valence electrons. The van der Waals surface area contributed by atoms with Crippen molar-refractivity contribution in [3.63, 3.8) is 0 Å². The van der Waals surface area contributed by atoms with E-state index in [0.29, 0.717) is 16.8 Å². The predicted molar refractivity (Wildman–Crippen MR) is 107 cm³/mol. The first-order valence-corrected chi connectivity index (χ1v) is 8.89. The molecule has 4 nitrogen and oxygen atoms in total. The number of aromatic nitrogens is 2. The fourth-order valence-electron chi connectivity index (χ4n) is 2.94. The molecule has 1 aromatic heterocycles. The van der Waals surface area contributed by atoms with Crippen LogP contribution in [0.1, 0.15) is 36.7 Å². The summed E-state index contributed by atoms with van der Waals surface area (Å²) in [5.74, 6) is 0.119. The molecule has 27 heavy (non-hydrogen) atoms. The van der Waals surface area contributed by atoms with Gasteiger partial charge in [-0.25, -0.2) is 14.8 Å². The molecule has 0 N–H and O–H groups in total. The van der Waals surface area contributed by atoms with Gasteiger partial charge in [0.25, 0.3) is 0 Å². The number of ether oxygens (including phenoxy) is 1. The molecule has 1 heterocycles. The Bertz CT molecular complexity index is 1140. The zero-order chi connectivity index (χ0) is 19.0. The minimum atomic E-state index is -0.407. The largest absolute Gasteiger partial charge is 0.423 e. The summed E-state index contributed by atoms with van der Waals surface area (Å²) >= 11 is 0. The van der Waals surface area contributed by atoms with Crippen LogP contribution in [0.4, 0.5) is 0 Å². The lowest BCUT2D eigenvalue weighted by Gasteiger charge is -2.19. The molecule has 4 aromatic rings. The normalized spacial score (nSPS) is 11.7. The number of rotatable bonds is 2. The van der Waals surface area contributed by atoms with Crippen LogP contribution in [-0.2, 0) is 5.41 Å². The van der Waals surface area contributed by atoms with Crippen LogP contribution in [0.25, 0.3) is 22.1 Å². The van der Waals surface area contributed by atoms with Crippen molar-refractivity contribution in [2.24, 2.45) is 0 Å². The van der Waals surface area contributed by atoms with Crippen molar-refractivity contribution in [3.05, 3.63) is 77.9 Å². The highest BCUT2D eigenvalue weighted by Gasteiger charge is 2.15. The molecule has 0 aliphatic heterocycles. The number of hydrogen-bond donors (Lipinski definition) is 0. The van der Waals surface area contributed by atoms with E-state index >= 15 is 0 Å². The topological polar surface area (TPSA) is 52.1 Å². The third-order valence-electron chi connectivity index (χ3n) is 4.51. The predicted octanol–water partition coefficient (Wildman–Crippen LogP) is 5.30. The third-order valence-corrected chi connectivity index (χ3v) is 4.51. The Balaban J connectivity index is 1.61. The van der Waals surface area contributed by atoms with Crippen molar-refractivity contribution < 1.29 is 9.53 Å². The van der Waals surface area contributed by atoms with Crippen LogP contribution < -0.4 is 4.74 Å². The molecule has 0 fully saturated rings. The Labute approximate surface area is 157 Å². The lowest BCUT2D eigenvalue weighted by atomic mass is 9.87. The SMILES string of the molecule is CC(C)(C)c1ccc(OC(=O)c2ccc3nc4ccccc4nc3c2)cc1. The van der Waals surface area contributed by atoms with E-state index in [-0.39, 0.29) is 5.41 Å². The van der Waals surface area contributed by atoms with E-state index < -0.39 is 5.97 Å². The van der Waals surface area contributed by atoms with E-state index in [0.717, 1.165) is 16.6 Å². The monoisotopic (exact) mass is 356 g/mol. The quantitative estimate of drug-likeness (QED) is 0.278. The summed E-state index contributed by atoms with van der Waals surface area (Å²) in [4.78, 5) is 21.7. The van der Waals surface area contributed by atoms with Gasteiger partial charge in [-0.1, -0.05) is 45.0 Å². The molecule has 0 aliphatic carbocycles. The van der Waals surface area contributed by atoms with Crippen molar-refractivity contribution in [2.75, 3.05) is 0 Å². The molecule has 3 aromatic carbocycles. The summed E-state index contributed by atoms with van der Waals surface area (Å²) in [5, 5.41) is 0. The summed E-state index contributed by atoms with van der Waals surface area (Å²) in [5.41, 5.74) is 4.75. The van der Waals surface area contributed by atoms with E-state index in [1.54, 1.807) is 18.2 Å². The summed E-state index contributed by atoms with van der Waals surface area (Å²) in [6.45, 7) is 6.44. The fourth-order valence-corrected chi connectivity index (χ4v) is 2.94. The second kappa shape index (κ2) is 6.47. The maximum Gasteiger partial charge on any atom is 0.343 e. The molecule has 0 spiro atoms. The number of carbonyl (C=O) groups excluding carboxylic acids is 1. The van der Waals surface area contributed by atoms with E-state index in [9.17, 15) is 4.79 Å². The average molecular weight is 356 g/mol. The Hall–Kier alpha value is -3.27. The highest BCUT2D eigenvalue weighted by atomic mass is 16.5. The zero-order valence-electron chi connectivity index (χ0n) is 15.6. The van der Waals surface area contributed by atoms with Gasteiger partial charge in [0.1, 0.15) is 5.75 Å². The van der Waals surface area contributed by atoms with E-state index in [4.69, 9.17) is 4.74 Å². The van der Waals surface area contributed by atoms with Crippen molar-refractivity contribution in [1.29, 1.82) is 0 Å². The Morgan fingerprint density at radius 1 is 0.778 bits per heavy atom.